The Morgan fingerprint density at radius 1 is 1.53 bits per heavy atom. The highest BCUT2D eigenvalue weighted by molar-refractivity contribution is 5.89. The van der Waals surface area contributed by atoms with Crippen LogP contribution in [0.4, 0.5) is 0 Å². The van der Waals surface area contributed by atoms with Crippen LogP contribution in [0.15, 0.2) is 18.2 Å². The molecule has 0 heterocycles. The summed E-state index contributed by atoms with van der Waals surface area (Å²) in [6.07, 6.45) is 1.58. The molecule has 0 saturated carbocycles. The lowest BCUT2D eigenvalue weighted by Crippen LogP contribution is -2.06. The molecule has 0 unspecified atom stereocenters. The molecule has 0 fully saturated rings. The SMILES string of the molecule is CCOC(=O)c1ccc(C#N)c(CCC=O)c1. The van der Waals surface area contributed by atoms with E-state index >= 15 is 0 Å². The number of rotatable bonds is 5. The molecular weight excluding hydrogens is 218 g/mol. The van der Waals surface area contributed by atoms with Gasteiger partial charge < -0.3 is 9.53 Å². The molecule has 0 bridgehead atoms. The van der Waals surface area contributed by atoms with Crippen molar-refractivity contribution in [2.75, 3.05) is 6.61 Å². The van der Waals surface area contributed by atoms with Gasteiger partial charge in [0.1, 0.15) is 6.29 Å². The van der Waals surface area contributed by atoms with Gasteiger partial charge in [-0.3, -0.25) is 0 Å². The smallest absolute Gasteiger partial charge is 0.338 e. The van der Waals surface area contributed by atoms with Crippen molar-refractivity contribution >= 4 is 12.3 Å². The largest absolute Gasteiger partial charge is 0.462 e. The standard InChI is InChI=1S/C13H13NO3/c1-2-17-13(16)11-5-6-12(9-14)10(8-11)4-3-7-15/h5-8H,2-4H2,1H3. The average Bonchev–Trinajstić information content (AvgIpc) is 2.36. The quantitative estimate of drug-likeness (QED) is 0.573. The number of aldehydes is 1. The minimum atomic E-state index is -0.413. The molecule has 1 aromatic rings. The Morgan fingerprint density at radius 3 is 2.88 bits per heavy atom. The van der Waals surface area contributed by atoms with Crippen molar-refractivity contribution in [3.8, 4) is 6.07 Å². The lowest BCUT2D eigenvalue weighted by molar-refractivity contribution is -0.107. The fourth-order valence-corrected chi connectivity index (χ4v) is 1.47. The van der Waals surface area contributed by atoms with E-state index in [0.29, 0.717) is 36.1 Å². The van der Waals surface area contributed by atoms with Crippen LogP contribution in [0.5, 0.6) is 0 Å². The van der Waals surface area contributed by atoms with Gasteiger partial charge in [-0.05, 0) is 37.1 Å². The molecule has 1 aromatic carbocycles. The number of hydrogen-bond acceptors (Lipinski definition) is 4. The molecule has 4 heteroatoms. The number of hydrogen-bond donors (Lipinski definition) is 0. The van der Waals surface area contributed by atoms with Crippen LogP contribution in [0.2, 0.25) is 0 Å². The molecule has 17 heavy (non-hydrogen) atoms. The predicted molar refractivity (Wildman–Crippen MR) is 61.5 cm³/mol. The zero-order chi connectivity index (χ0) is 12.7. The van der Waals surface area contributed by atoms with E-state index in [1.165, 1.54) is 0 Å². The molecule has 0 aliphatic heterocycles. The lowest BCUT2D eigenvalue weighted by atomic mass is 10.0. The number of esters is 1. The van der Waals surface area contributed by atoms with Gasteiger partial charge in [-0.2, -0.15) is 5.26 Å². The zero-order valence-electron chi connectivity index (χ0n) is 9.60. The first-order valence-electron chi connectivity index (χ1n) is 5.36. The molecule has 0 saturated heterocycles. The Hall–Kier alpha value is -2.15. The molecule has 1 rings (SSSR count). The second-order valence-electron chi connectivity index (χ2n) is 3.41. The fourth-order valence-electron chi connectivity index (χ4n) is 1.47. The number of carbonyl (C=O) groups excluding carboxylic acids is 2. The highest BCUT2D eigenvalue weighted by Crippen LogP contribution is 2.14. The molecule has 0 N–H and O–H groups in total. The van der Waals surface area contributed by atoms with Gasteiger partial charge in [0.15, 0.2) is 0 Å². The molecule has 0 aliphatic rings. The topological polar surface area (TPSA) is 67.2 Å². The molecule has 0 aliphatic carbocycles. The van der Waals surface area contributed by atoms with Crippen LogP contribution in [0.3, 0.4) is 0 Å². The summed E-state index contributed by atoms with van der Waals surface area (Å²) in [4.78, 5) is 21.8. The van der Waals surface area contributed by atoms with Crippen molar-refractivity contribution in [1.29, 1.82) is 5.26 Å². The molecule has 0 amide bonds. The molecule has 4 nitrogen and oxygen atoms in total. The van der Waals surface area contributed by atoms with Gasteiger partial charge in [-0.15, -0.1) is 0 Å². The Labute approximate surface area is 99.8 Å². The molecule has 88 valence electrons. The van der Waals surface area contributed by atoms with Gasteiger partial charge in [0, 0.05) is 6.42 Å². The van der Waals surface area contributed by atoms with Crippen LogP contribution in [-0.2, 0) is 16.0 Å². The highest BCUT2D eigenvalue weighted by atomic mass is 16.5. The van der Waals surface area contributed by atoms with Gasteiger partial charge in [-0.25, -0.2) is 4.79 Å². The number of aryl methyl sites for hydroxylation is 1. The second kappa shape index (κ2) is 6.44. The Bertz CT molecular complexity index is 460. The van der Waals surface area contributed by atoms with Crippen molar-refractivity contribution < 1.29 is 14.3 Å². The Morgan fingerprint density at radius 2 is 2.29 bits per heavy atom. The maximum absolute atomic E-state index is 11.5. The Balaban J connectivity index is 3.00. The van der Waals surface area contributed by atoms with Crippen LogP contribution in [0, 0.1) is 11.3 Å². The van der Waals surface area contributed by atoms with Crippen LogP contribution in [-0.4, -0.2) is 18.9 Å². The first-order chi connectivity index (χ1) is 8.22. The van der Waals surface area contributed by atoms with E-state index in [-0.39, 0.29) is 0 Å². The van der Waals surface area contributed by atoms with Gasteiger partial charge in [0.25, 0.3) is 0 Å². The number of nitrogens with zero attached hydrogens (tertiary/aromatic N) is 1. The summed E-state index contributed by atoms with van der Waals surface area (Å²) >= 11 is 0. The van der Waals surface area contributed by atoms with Crippen LogP contribution in [0.1, 0.15) is 34.8 Å². The van der Waals surface area contributed by atoms with E-state index in [0.717, 1.165) is 6.29 Å². The van der Waals surface area contributed by atoms with Gasteiger partial charge in [0.2, 0.25) is 0 Å². The van der Waals surface area contributed by atoms with Gasteiger partial charge >= 0.3 is 5.97 Å². The predicted octanol–water partition coefficient (Wildman–Crippen LogP) is 1.87. The number of nitriles is 1. The fraction of sp³-hybridized carbons (Fsp3) is 0.308. The van der Waals surface area contributed by atoms with Crippen molar-refractivity contribution in [1.82, 2.24) is 0 Å². The number of carbonyl (C=O) groups is 2. The Kier molecular flexibility index (Phi) is 4.89. The van der Waals surface area contributed by atoms with Crippen molar-refractivity contribution in [2.24, 2.45) is 0 Å². The normalized spacial score (nSPS) is 9.41. The van der Waals surface area contributed by atoms with Crippen LogP contribution in [0.25, 0.3) is 0 Å². The van der Waals surface area contributed by atoms with E-state index < -0.39 is 5.97 Å². The first kappa shape index (κ1) is 12.9. The van der Waals surface area contributed by atoms with Gasteiger partial charge in [0.05, 0.1) is 23.8 Å². The van der Waals surface area contributed by atoms with E-state index in [9.17, 15) is 9.59 Å². The third-order valence-electron chi connectivity index (χ3n) is 2.27. The van der Waals surface area contributed by atoms with Crippen LogP contribution < -0.4 is 0 Å². The third-order valence-corrected chi connectivity index (χ3v) is 2.27. The number of ether oxygens (including phenoxy) is 1. The maximum atomic E-state index is 11.5. The van der Waals surface area contributed by atoms with Crippen molar-refractivity contribution in [3.05, 3.63) is 34.9 Å². The zero-order valence-corrected chi connectivity index (χ0v) is 9.60. The van der Waals surface area contributed by atoms with Crippen molar-refractivity contribution in [2.45, 2.75) is 19.8 Å². The second-order valence-corrected chi connectivity index (χ2v) is 3.41. The molecule has 0 radical (unpaired) electrons. The minimum Gasteiger partial charge on any atom is -0.462 e. The van der Waals surface area contributed by atoms with E-state index in [1.807, 2.05) is 6.07 Å². The first-order valence-corrected chi connectivity index (χ1v) is 5.36. The third kappa shape index (κ3) is 3.42. The summed E-state index contributed by atoms with van der Waals surface area (Å²) in [6, 6.07) is 6.78. The maximum Gasteiger partial charge on any atom is 0.338 e. The van der Waals surface area contributed by atoms with Gasteiger partial charge in [-0.1, -0.05) is 0 Å². The highest BCUT2D eigenvalue weighted by Gasteiger charge is 2.10. The summed E-state index contributed by atoms with van der Waals surface area (Å²) in [5.74, 6) is -0.413. The lowest BCUT2D eigenvalue weighted by Gasteiger charge is -2.05. The monoisotopic (exact) mass is 231 g/mol. The summed E-state index contributed by atoms with van der Waals surface area (Å²) in [7, 11) is 0. The molecule has 0 spiro atoms. The van der Waals surface area contributed by atoms with Crippen molar-refractivity contribution in [3.63, 3.8) is 0 Å². The molecule has 0 aromatic heterocycles. The van der Waals surface area contributed by atoms with E-state index in [4.69, 9.17) is 10.00 Å². The minimum absolute atomic E-state index is 0.308. The van der Waals surface area contributed by atoms with E-state index in [2.05, 4.69) is 0 Å². The van der Waals surface area contributed by atoms with Crippen LogP contribution >= 0.6 is 0 Å². The molecular formula is C13H13NO3. The summed E-state index contributed by atoms with van der Waals surface area (Å²) in [5.41, 5.74) is 1.59. The number of benzene rings is 1. The summed E-state index contributed by atoms with van der Waals surface area (Å²) in [6.45, 7) is 2.04. The average molecular weight is 231 g/mol. The summed E-state index contributed by atoms with van der Waals surface area (Å²) in [5, 5.41) is 8.90. The van der Waals surface area contributed by atoms with E-state index in [1.54, 1.807) is 25.1 Å². The summed E-state index contributed by atoms with van der Waals surface area (Å²) < 4.78 is 4.87. The molecule has 0 atom stereocenters.